The van der Waals surface area contributed by atoms with Crippen LogP contribution in [0.1, 0.15) is 38.2 Å². The Labute approximate surface area is 96.6 Å². The van der Waals surface area contributed by atoms with Crippen molar-refractivity contribution in [2.75, 3.05) is 0 Å². The van der Waals surface area contributed by atoms with Crippen LogP contribution < -0.4 is 4.74 Å². The molecule has 0 radical (unpaired) electrons. The number of Topliss-reactive ketones (excluding diaryl/α,β-unsaturated/α-hetero) is 1. The highest BCUT2D eigenvalue weighted by atomic mass is 16.5. The van der Waals surface area contributed by atoms with E-state index in [1.807, 2.05) is 19.1 Å². The second-order valence-electron chi connectivity index (χ2n) is 4.35. The number of hydrogen-bond donors (Lipinski definition) is 0. The third-order valence-corrected chi connectivity index (χ3v) is 2.84. The number of ketones is 1. The van der Waals surface area contributed by atoms with E-state index in [1.165, 1.54) is 18.4 Å². The van der Waals surface area contributed by atoms with Crippen LogP contribution in [0.3, 0.4) is 0 Å². The molecule has 1 aromatic rings. The van der Waals surface area contributed by atoms with Crippen LogP contribution in [0.25, 0.3) is 0 Å². The monoisotopic (exact) mass is 218 g/mol. The van der Waals surface area contributed by atoms with Crippen LogP contribution in [0.5, 0.6) is 5.75 Å². The topological polar surface area (TPSA) is 26.3 Å². The van der Waals surface area contributed by atoms with Crippen molar-refractivity contribution >= 4 is 5.78 Å². The van der Waals surface area contributed by atoms with Gasteiger partial charge in [-0.1, -0.05) is 19.1 Å². The summed E-state index contributed by atoms with van der Waals surface area (Å²) in [5, 5.41) is 0. The zero-order valence-corrected chi connectivity index (χ0v) is 9.74. The van der Waals surface area contributed by atoms with E-state index in [0.29, 0.717) is 24.7 Å². The zero-order chi connectivity index (χ0) is 11.4. The summed E-state index contributed by atoms with van der Waals surface area (Å²) in [4.78, 5) is 11.2. The first-order valence-corrected chi connectivity index (χ1v) is 6.05. The Morgan fingerprint density at radius 2 is 2.00 bits per heavy atom. The lowest BCUT2D eigenvalue weighted by molar-refractivity contribution is -0.118. The van der Waals surface area contributed by atoms with Crippen molar-refractivity contribution in [3.63, 3.8) is 0 Å². The number of ether oxygens (including phenoxy) is 1. The summed E-state index contributed by atoms with van der Waals surface area (Å²) in [6.45, 7) is 1.91. The molecule has 0 amide bonds. The number of aryl methyl sites for hydroxylation is 1. The lowest BCUT2D eigenvalue weighted by Crippen LogP contribution is -1.98. The van der Waals surface area contributed by atoms with Crippen molar-refractivity contribution < 1.29 is 9.53 Å². The van der Waals surface area contributed by atoms with Gasteiger partial charge in [0.2, 0.25) is 0 Å². The van der Waals surface area contributed by atoms with Gasteiger partial charge in [0.25, 0.3) is 0 Å². The van der Waals surface area contributed by atoms with Crippen LogP contribution in [-0.2, 0) is 11.2 Å². The molecule has 2 rings (SSSR count). The molecule has 1 fully saturated rings. The maximum absolute atomic E-state index is 11.2. The van der Waals surface area contributed by atoms with E-state index in [-0.39, 0.29) is 0 Å². The van der Waals surface area contributed by atoms with Crippen molar-refractivity contribution in [1.82, 2.24) is 0 Å². The molecular weight excluding hydrogens is 200 g/mol. The van der Waals surface area contributed by atoms with Crippen LogP contribution >= 0.6 is 0 Å². The molecule has 0 saturated heterocycles. The predicted molar refractivity (Wildman–Crippen MR) is 63.7 cm³/mol. The minimum atomic E-state index is 0.332. The Balaban J connectivity index is 1.83. The molecule has 1 aliphatic carbocycles. The number of carbonyl (C=O) groups is 1. The van der Waals surface area contributed by atoms with E-state index in [0.717, 1.165) is 12.2 Å². The van der Waals surface area contributed by atoms with Crippen LogP contribution in [0, 0.1) is 0 Å². The quantitative estimate of drug-likeness (QED) is 0.733. The highest BCUT2D eigenvalue weighted by Crippen LogP contribution is 2.26. The lowest BCUT2D eigenvalue weighted by atomic mass is 10.1. The van der Waals surface area contributed by atoms with E-state index < -0.39 is 0 Å². The Morgan fingerprint density at radius 3 is 2.56 bits per heavy atom. The van der Waals surface area contributed by atoms with E-state index in [4.69, 9.17) is 4.74 Å². The number of hydrogen-bond acceptors (Lipinski definition) is 2. The van der Waals surface area contributed by atoms with Crippen LogP contribution in [0.15, 0.2) is 24.3 Å². The molecule has 2 nitrogen and oxygen atoms in total. The first-order valence-electron chi connectivity index (χ1n) is 6.05. The molecule has 0 N–H and O–H groups in total. The second-order valence-corrected chi connectivity index (χ2v) is 4.35. The molecule has 2 heteroatoms. The van der Waals surface area contributed by atoms with Gasteiger partial charge < -0.3 is 4.74 Å². The zero-order valence-electron chi connectivity index (χ0n) is 9.74. The van der Waals surface area contributed by atoms with Crippen LogP contribution in [0.2, 0.25) is 0 Å². The SMILES string of the molecule is CCC(=O)CCc1ccc(OC2CC2)cc1. The van der Waals surface area contributed by atoms with Crippen LogP contribution in [-0.4, -0.2) is 11.9 Å². The molecule has 86 valence electrons. The number of carbonyl (C=O) groups excluding carboxylic acids is 1. The third kappa shape index (κ3) is 3.37. The number of rotatable bonds is 6. The van der Waals surface area contributed by atoms with Gasteiger partial charge in [-0.2, -0.15) is 0 Å². The summed E-state index contributed by atoms with van der Waals surface area (Å²) < 4.78 is 5.66. The van der Waals surface area contributed by atoms with Crippen molar-refractivity contribution in [2.24, 2.45) is 0 Å². The summed E-state index contributed by atoms with van der Waals surface area (Å²) in [6.07, 6.45) is 4.96. The van der Waals surface area contributed by atoms with E-state index >= 15 is 0 Å². The van der Waals surface area contributed by atoms with Gasteiger partial charge >= 0.3 is 0 Å². The molecule has 0 spiro atoms. The molecule has 1 aromatic carbocycles. The first kappa shape index (κ1) is 11.2. The van der Waals surface area contributed by atoms with E-state index in [9.17, 15) is 4.79 Å². The average molecular weight is 218 g/mol. The second kappa shape index (κ2) is 5.15. The smallest absolute Gasteiger partial charge is 0.132 e. The Kier molecular flexibility index (Phi) is 3.60. The summed E-state index contributed by atoms with van der Waals surface area (Å²) >= 11 is 0. The summed E-state index contributed by atoms with van der Waals surface area (Å²) in [5.74, 6) is 1.28. The van der Waals surface area contributed by atoms with Gasteiger partial charge in [0.05, 0.1) is 6.10 Å². The maximum atomic E-state index is 11.2. The fraction of sp³-hybridized carbons (Fsp3) is 0.500. The average Bonchev–Trinajstić information content (AvgIpc) is 3.11. The molecular formula is C14H18O2. The Hall–Kier alpha value is -1.31. The maximum Gasteiger partial charge on any atom is 0.132 e. The molecule has 0 bridgehead atoms. The molecule has 0 aliphatic heterocycles. The van der Waals surface area contributed by atoms with Crippen LogP contribution in [0.4, 0.5) is 0 Å². The van der Waals surface area contributed by atoms with Crippen molar-refractivity contribution in [3.8, 4) is 5.75 Å². The highest BCUT2D eigenvalue weighted by Gasteiger charge is 2.23. The van der Waals surface area contributed by atoms with Gasteiger partial charge in [0, 0.05) is 12.8 Å². The number of benzene rings is 1. The lowest BCUT2D eigenvalue weighted by Gasteiger charge is -2.05. The molecule has 1 saturated carbocycles. The van der Waals surface area contributed by atoms with Gasteiger partial charge in [-0.3, -0.25) is 4.79 Å². The largest absolute Gasteiger partial charge is 0.490 e. The third-order valence-electron chi connectivity index (χ3n) is 2.84. The van der Waals surface area contributed by atoms with Gasteiger partial charge in [-0.15, -0.1) is 0 Å². The fourth-order valence-corrected chi connectivity index (χ4v) is 1.57. The van der Waals surface area contributed by atoms with E-state index in [2.05, 4.69) is 12.1 Å². The van der Waals surface area contributed by atoms with Crippen molar-refractivity contribution in [3.05, 3.63) is 29.8 Å². The molecule has 0 aromatic heterocycles. The minimum Gasteiger partial charge on any atom is -0.490 e. The summed E-state index contributed by atoms with van der Waals surface area (Å²) in [6, 6.07) is 8.12. The minimum absolute atomic E-state index is 0.332. The van der Waals surface area contributed by atoms with Crippen molar-refractivity contribution in [2.45, 2.75) is 45.1 Å². The summed E-state index contributed by atoms with van der Waals surface area (Å²) in [5.41, 5.74) is 1.21. The van der Waals surface area contributed by atoms with Gasteiger partial charge in [0.15, 0.2) is 0 Å². The first-order chi connectivity index (χ1) is 7.78. The Bertz CT molecular complexity index is 350. The fourth-order valence-electron chi connectivity index (χ4n) is 1.57. The van der Waals surface area contributed by atoms with Gasteiger partial charge in [0.1, 0.15) is 11.5 Å². The molecule has 0 atom stereocenters. The van der Waals surface area contributed by atoms with E-state index in [1.54, 1.807) is 0 Å². The summed E-state index contributed by atoms with van der Waals surface area (Å²) in [7, 11) is 0. The Morgan fingerprint density at radius 1 is 1.31 bits per heavy atom. The predicted octanol–water partition coefficient (Wildman–Crippen LogP) is 3.14. The van der Waals surface area contributed by atoms with Gasteiger partial charge in [-0.25, -0.2) is 0 Å². The molecule has 0 heterocycles. The molecule has 1 aliphatic rings. The molecule has 16 heavy (non-hydrogen) atoms. The standard InChI is InChI=1S/C14H18O2/c1-2-12(15)6-3-11-4-7-13(8-5-11)16-14-9-10-14/h4-5,7-8,14H,2-3,6,9-10H2,1H3. The highest BCUT2D eigenvalue weighted by molar-refractivity contribution is 5.78. The molecule has 0 unspecified atom stereocenters. The van der Waals surface area contributed by atoms with Crippen molar-refractivity contribution in [1.29, 1.82) is 0 Å². The van der Waals surface area contributed by atoms with Gasteiger partial charge in [-0.05, 0) is 37.0 Å². The normalized spacial score (nSPS) is 14.8.